The second-order valence-electron chi connectivity index (χ2n) is 12.6. The van der Waals surface area contributed by atoms with E-state index < -0.39 is 0 Å². The Morgan fingerprint density at radius 3 is 2.40 bits per heavy atom. The molecule has 244 valence electrons. The number of hydrogen-bond acceptors (Lipinski definition) is 5. The van der Waals surface area contributed by atoms with E-state index in [1.807, 2.05) is 67.5 Å². The van der Waals surface area contributed by atoms with Crippen molar-refractivity contribution in [2.45, 2.75) is 58.4 Å². The number of fused-ring (bicyclic) bond motifs is 2. The highest BCUT2D eigenvalue weighted by atomic mass is 16.5. The molecule has 0 aliphatic carbocycles. The molecule has 10 heteroatoms. The maximum Gasteiger partial charge on any atom is 0.272 e. The summed E-state index contributed by atoms with van der Waals surface area (Å²) in [7, 11) is 3.59. The minimum atomic E-state index is -0.300. The molecule has 1 saturated heterocycles. The predicted octanol–water partition coefficient (Wildman–Crippen LogP) is 6.14. The number of aryl methyl sites for hydroxylation is 4. The second kappa shape index (κ2) is 13.3. The van der Waals surface area contributed by atoms with E-state index in [0.29, 0.717) is 41.8 Å². The zero-order valence-electron chi connectivity index (χ0n) is 27.4. The number of nitrogens with zero attached hydrogens (tertiary/aromatic N) is 3. The number of ketones is 1. The van der Waals surface area contributed by atoms with Crippen LogP contribution >= 0.6 is 0 Å². The number of carbonyl (C=O) groups is 4. The van der Waals surface area contributed by atoms with Gasteiger partial charge >= 0.3 is 0 Å². The minimum absolute atomic E-state index is 0.00143. The summed E-state index contributed by atoms with van der Waals surface area (Å²) < 4.78 is 9.53. The summed E-state index contributed by atoms with van der Waals surface area (Å²) in [6.07, 6.45) is 8.40. The molecule has 0 unspecified atom stereocenters. The predicted molar refractivity (Wildman–Crippen MR) is 181 cm³/mol. The molecule has 47 heavy (non-hydrogen) atoms. The van der Waals surface area contributed by atoms with E-state index in [4.69, 9.17) is 4.74 Å². The minimum Gasteiger partial charge on any atom is -0.493 e. The lowest BCUT2D eigenvalue weighted by molar-refractivity contribution is -0.116. The fraction of sp³-hybridized carbons (Fsp3) is 0.351. The molecule has 6 rings (SSSR count). The third-order valence-corrected chi connectivity index (χ3v) is 9.18. The van der Waals surface area contributed by atoms with Gasteiger partial charge in [0.1, 0.15) is 11.4 Å². The summed E-state index contributed by atoms with van der Waals surface area (Å²) in [5.41, 5.74) is 6.82. The van der Waals surface area contributed by atoms with Gasteiger partial charge in [-0.2, -0.15) is 0 Å². The average molecular weight is 636 g/mol. The summed E-state index contributed by atoms with van der Waals surface area (Å²) in [6.45, 7) is 4.71. The number of hydrogen-bond donors (Lipinski definition) is 2. The lowest BCUT2D eigenvalue weighted by Crippen LogP contribution is -2.34. The number of nitrogens with one attached hydrogen (secondary N) is 2. The standard InChI is InChI=1S/C37H41N5O5/c1-23-17-31-26(11-14-30-7-5-15-42(30)37(31)46)19-34(23)47-16-6-8-35(44)38-29-20-33(41(4)22-29)36(45)39-28-12-9-25(10-13-28)27-18-32(24(2)43)40(3)21-27/h9-10,12-13,17-22,30H,5-8,11,14-16H2,1-4H3,(H,38,44)(H,39,45)/t30-/m0/s1. The van der Waals surface area contributed by atoms with Gasteiger partial charge in [-0.1, -0.05) is 12.1 Å². The quantitative estimate of drug-likeness (QED) is 0.161. The third kappa shape index (κ3) is 6.86. The molecule has 0 bridgehead atoms. The molecule has 2 aromatic heterocycles. The van der Waals surface area contributed by atoms with E-state index in [1.165, 1.54) is 0 Å². The molecule has 0 saturated carbocycles. The zero-order chi connectivity index (χ0) is 33.2. The zero-order valence-corrected chi connectivity index (χ0v) is 27.4. The summed E-state index contributed by atoms with van der Waals surface area (Å²) in [5.74, 6) is 0.429. The van der Waals surface area contributed by atoms with Gasteiger partial charge in [-0.25, -0.2) is 0 Å². The number of amides is 3. The number of Topliss-reactive ketones (excluding diaryl/α,β-unsaturated/α-hetero) is 1. The Morgan fingerprint density at radius 1 is 0.894 bits per heavy atom. The Morgan fingerprint density at radius 2 is 1.66 bits per heavy atom. The van der Waals surface area contributed by atoms with Gasteiger partial charge in [-0.3, -0.25) is 19.2 Å². The van der Waals surface area contributed by atoms with Gasteiger partial charge < -0.3 is 29.4 Å². The lowest BCUT2D eigenvalue weighted by Gasteiger charge is -2.22. The Kier molecular flexibility index (Phi) is 9.02. The molecular formula is C37H41N5O5. The van der Waals surface area contributed by atoms with Crippen LogP contribution in [-0.2, 0) is 25.3 Å². The number of aromatic nitrogens is 2. The van der Waals surface area contributed by atoms with Crippen LogP contribution in [0.1, 0.15) is 81.5 Å². The molecule has 3 amide bonds. The highest BCUT2D eigenvalue weighted by Gasteiger charge is 2.33. The first-order valence-corrected chi connectivity index (χ1v) is 16.2. The fourth-order valence-electron chi connectivity index (χ4n) is 6.68. The van der Waals surface area contributed by atoms with Crippen molar-refractivity contribution >= 4 is 34.9 Å². The topological polar surface area (TPSA) is 115 Å². The van der Waals surface area contributed by atoms with Crippen LogP contribution in [0.2, 0.25) is 0 Å². The lowest BCUT2D eigenvalue weighted by atomic mass is 9.99. The Balaban J connectivity index is 0.987. The van der Waals surface area contributed by atoms with Crippen molar-refractivity contribution in [2.75, 3.05) is 23.8 Å². The monoisotopic (exact) mass is 635 g/mol. The largest absolute Gasteiger partial charge is 0.493 e. The van der Waals surface area contributed by atoms with Crippen molar-refractivity contribution in [1.29, 1.82) is 0 Å². The van der Waals surface area contributed by atoms with Crippen LogP contribution < -0.4 is 15.4 Å². The highest BCUT2D eigenvalue weighted by molar-refractivity contribution is 6.04. The van der Waals surface area contributed by atoms with Crippen LogP contribution in [0, 0.1) is 6.92 Å². The van der Waals surface area contributed by atoms with Gasteiger partial charge in [0.05, 0.1) is 18.0 Å². The molecule has 4 heterocycles. The molecule has 4 aromatic rings. The number of benzene rings is 2. The maximum atomic E-state index is 13.1. The van der Waals surface area contributed by atoms with E-state index in [-0.39, 0.29) is 29.9 Å². The molecule has 2 aliphatic rings. The van der Waals surface area contributed by atoms with Gasteiger partial charge in [0, 0.05) is 69.2 Å². The molecule has 2 aromatic carbocycles. The van der Waals surface area contributed by atoms with E-state index in [0.717, 1.165) is 65.8 Å². The van der Waals surface area contributed by atoms with E-state index in [9.17, 15) is 19.2 Å². The SMILES string of the molecule is CC(=O)c1cc(-c2ccc(NC(=O)c3cc(NC(=O)CCCOc4cc5c(cc4C)C(=O)N4CCC[C@H]4CC5)cn3C)cc2)cn1C. The first kappa shape index (κ1) is 31.8. The maximum absolute atomic E-state index is 13.1. The van der Waals surface area contributed by atoms with Crippen molar-refractivity contribution in [3.8, 4) is 16.9 Å². The molecule has 0 radical (unpaired) electrons. The van der Waals surface area contributed by atoms with E-state index in [2.05, 4.69) is 10.6 Å². The Bertz CT molecular complexity index is 1850. The van der Waals surface area contributed by atoms with E-state index in [1.54, 1.807) is 35.4 Å². The van der Waals surface area contributed by atoms with Crippen LogP contribution in [0.25, 0.3) is 11.1 Å². The van der Waals surface area contributed by atoms with Crippen LogP contribution in [0.3, 0.4) is 0 Å². The first-order chi connectivity index (χ1) is 22.6. The van der Waals surface area contributed by atoms with Crippen LogP contribution in [-0.4, -0.2) is 56.7 Å². The fourth-order valence-corrected chi connectivity index (χ4v) is 6.68. The van der Waals surface area contributed by atoms with Crippen molar-refractivity contribution in [2.24, 2.45) is 14.1 Å². The van der Waals surface area contributed by atoms with Crippen molar-refractivity contribution in [3.63, 3.8) is 0 Å². The van der Waals surface area contributed by atoms with Gasteiger partial charge in [0.15, 0.2) is 5.78 Å². The van der Waals surface area contributed by atoms with E-state index >= 15 is 0 Å². The van der Waals surface area contributed by atoms with Crippen molar-refractivity contribution in [1.82, 2.24) is 14.0 Å². The molecule has 0 spiro atoms. The van der Waals surface area contributed by atoms with Crippen LogP contribution in [0.4, 0.5) is 11.4 Å². The summed E-state index contributed by atoms with van der Waals surface area (Å²) in [5, 5.41) is 5.79. The summed E-state index contributed by atoms with van der Waals surface area (Å²) in [6, 6.07) is 15.2. The Hall–Kier alpha value is -5.12. The molecule has 2 N–H and O–H groups in total. The second-order valence-corrected chi connectivity index (χ2v) is 12.6. The van der Waals surface area contributed by atoms with Gasteiger partial charge in [-0.15, -0.1) is 0 Å². The molecular weight excluding hydrogens is 594 g/mol. The normalized spacial score (nSPS) is 15.5. The van der Waals surface area contributed by atoms with Gasteiger partial charge in [0.25, 0.3) is 11.8 Å². The molecule has 1 atom stereocenters. The van der Waals surface area contributed by atoms with Gasteiger partial charge in [0.2, 0.25) is 5.91 Å². The highest BCUT2D eigenvalue weighted by Crippen LogP contribution is 2.33. The molecule has 2 aliphatic heterocycles. The molecule has 1 fully saturated rings. The van der Waals surface area contributed by atoms with Crippen LogP contribution in [0.15, 0.2) is 60.9 Å². The van der Waals surface area contributed by atoms with Gasteiger partial charge in [-0.05, 0) is 92.1 Å². The summed E-state index contributed by atoms with van der Waals surface area (Å²) >= 11 is 0. The van der Waals surface area contributed by atoms with Crippen molar-refractivity contribution in [3.05, 3.63) is 89.0 Å². The van der Waals surface area contributed by atoms with Crippen LogP contribution in [0.5, 0.6) is 5.75 Å². The average Bonchev–Trinajstić information content (AvgIpc) is 3.75. The number of ether oxygens (including phenoxy) is 1. The van der Waals surface area contributed by atoms with Crippen molar-refractivity contribution < 1.29 is 23.9 Å². The first-order valence-electron chi connectivity index (χ1n) is 16.2. The number of carbonyl (C=O) groups excluding carboxylic acids is 4. The number of rotatable bonds is 10. The smallest absolute Gasteiger partial charge is 0.272 e. The Labute approximate surface area is 274 Å². The summed E-state index contributed by atoms with van der Waals surface area (Å²) in [4.78, 5) is 52.7. The number of anilines is 2. The molecule has 10 nitrogen and oxygen atoms in total. The third-order valence-electron chi connectivity index (χ3n) is 9.18.